The fourth-order valence-electron chi connectivity index (χ4n) is 2.31. The minimum Gasteiger partial charge on any atom is -0.315 e. The average molecular weight is 355 g/mol. The molecule has 3 rings (SSSR count). The third-order valence-corrected chi connectivity index (χ3v) is 5.71. The fraction of sp³-hybridized carbons (Fsp3) is 0.158. The molecule has 1 aromatic heterocycles. The molecule has 0 aliphatic carbocycles. The lowest BCUT2D eigenvalue weighted by Crippen LogP contribution is -2.33. The molecule has 0 spiro atoms. The Morgan fingerprint density at radius 2 is 1.71 bits per heavy atom. The third kappa shape index (κ3) is 3.86. The van der Waals surface area contributed by atoms with Crippen molar-refractivity contribution < 1.29 is 4.79 Å². The summed E-state index contributed by atoms with van der Waals surface area (Å²) < 4.78 is 0.913. The number of anilines is 1. The van der Waals surface area contributed by atoms with Gasteiger partial charge in [0.1, 0.15) is 0 Å². The summed E-state index contributed by atoms with van der Waals surface area (Å²) in [5.41, 5.74) is 2.96. The summed E-state index contributed by atoms with van der Waals surface area (Å²) in [6.45, 7) is 1.93. The Labute approximate surface area is 150 Å². The van der Waals surface area contributed by atoms with Gasteiger partial charge in [0.05, 0.1) is 10.9 Å². The van der Waals surface area contributed by atoms with Gasteiger partial charge in [0.25, 0.3) is 0 Å². The predicted octanol–water partition coefficient (Wildman–Crippen LogP) is 4.95. The van der Waals surface area contributed by atoms with Crippen molar-refractivity contribution in [2.75, 3.05) is 11.9 Å². The molecule has 3 aromatic rings. The normalized spacial score (nSPS) is 11.9. The van der Waals surface area contributed by atoms with Gasteiger partial charge in [0.15, 0.2) is 4.34 Å². The molecule has 1 atom stereocenters. The Kier molecular flexibility index (Phi) is 5.33. The van der Waals surface area contributed by atoms with E-state index in [9.17, 15) is 4.79 Å². The molecule has 122 valence electrons. The summed E-state index contributed by atoms with van der Waals surface area (Å²) in [7, 11) is 1.81. The maximum atomic E-state index is 12.6. The molecule has 0 saturated heterocycles. The first-order valence-electron chi connectivity index (χ1n) is 7.65. The first-order chi connectivity index (χ1) is 11.6. The molecule has 0 N–H and O–H groups in total. The Morgan fingerprint density at radius 3 is 2.38 bits per heavy atom. The summed E-state index contributed by atoms with van der Waals surface area (Å²) in [5.74, 6) is 0.0719. The highest BCUT2D eigenvalue weighted by Gasteiger charge is 2.21. The quantitative estimate of drug-likeness (QED) is 0.608. The number of thiazole rings is 1. The highest BCUT2D eigenvalue weighted by atomic mass is 32.2. The molecule has 0 aliphatic rings. The largest absolute Gasteiger partial charge is 0.315 e. The minimum absolute atomic E-state index is 0.0719. The maximum absolute atomic E-state index is 12.6. The van der Waals surface area contributed by atoms with Crippen molar-refractivity contribution in [2.45, 2.75) is 16.5 Å². The molecule has 0 fully saturated rings. The van der Waals surface area contributed by atoms with Crippen molar-refractivity contribution in [3.8, 4) is 11.3 Å². The van der Waals surface area contributed by atoms with Gasteiger partial charge in [-0.15, -0.1) is 11.3 Å². The molecule has 0 bridgehead atoms. The SMILES string of the molecule is C[C@@H](Sc1nc(-c2ccccc2)cs1)C(=O)N(C)c1ccccc1. The summed E-state index contributed by atoms with van der Waals surface area (Å²) >= 11 is 3.09. The van der Waals surface area contributed by atoms with Crippen molar-refractivity contribution in [2.24, 2.45) is 0 Å². The van der Waals surface area contributed by atoms with E-state index in [0.29, 0.717) is 0 Å². The maximum Gasteiger partial charge on any atom is 0.240 e. The van der Waals surface area contributed by atoms with E-state index in [1.165, 1.54) is 11.8 Å². The lowest BCUT2D eigenvalue weighted by molar-refractivity contribution is -0.117. The van der Waals surface area contributed by atoms with Crippen molar-refractivity contribution in [1.82, 2.24) is 4.98 Å². The van der Waals surface area contributed by atoms with Gasteiger partial charge >= 0.3 is 0 Å². The van der Waals surface area contributed by atoms with E-state index < -0.39 is 0 Å². The topological polar surface area (TPSA) is 33.2 Å². The van der Waals surface area contributed by atoms with E-state index in [-0.39, 0.29) is 11.2 Å². The lowest BCUT2D eigenvalue weighted by atomic mass is 10.2. The smallest absolute Gasteiger partial charge is 0.240 e. The highest BCUT2D eigenvalue weighted by Crippen LogP contribution is 2.31. The second kappa shape index (κ2) is 7.64. The minimum atomic E-state index is -0.190. The average Bonchev–Trinajstić information content (AvgIpc) is 3.10. The zero-order valence-electron chi connectivity index (χ0n) is 13.5. The van der Waals surface area contributed by atoms with Gasteiger partial charge in [-0.1, -0.05) is 60.3 Å². The van der Waals surface area contributed by atoms with Crippen LogP contribution >= 0.6 is 23.1 Å². The Balaban J connectivity index is 1.68. The monoisotopic (exact) mass is 354 g/mol. The van der Waals surface area contributed by atoms with Crippen LogP contribution in [0.4, 0.5) is 5.69 Å². The van der Waals surface area contributed by atoms with E-state index in [1.807, 2.05) is 80.0 Å². The van der Waals surface area contributed by atoms with E-state index >= 15 is 0 Å². The zero-order valence-corrected chi connectivity index (χ0v) is 15.2. The zero-order chi connectivity index (χ0) is 16.9. The predicted molar refractivity (Wildman–Crippen MR) is 103 cm³/mol. The van der Waals surface area contributed by atoms with Crippen LogP contribution in [0.15, 0.2) is 70.4 Å². The van der Waals surface area contributed by atoms with Gasteiger partial charge in [-0.05, 0) is 19.1 Å². The number of carbonyl (C=O) groups is 1. The Morgan fingerprint density at radius 1 is 1.08 bits per heavy atom. The second-order valence-corrected chi connectivity index (χ2v) is 7.80. The number of aromatic nitrogens is 1. The van der Waals surface area contributed by atoms with Crippen molar-refractivity contribution in [3.63, 3.8) is 0 Å². The van der Waals surface area contributed by atoms with Crippen molar-refractivity contribution >= 4 is 34.7 Å². The molecule has 0 unspecified atom stereocenters. The van der Waals surface area contributed by atoms with Gasteiger partial charge in [0, 0.05) is 23.7 Å². The molecule has 1 heterocycles. The van der Waals surface area contributed by atoms with Gasteiger partial charge in [-0.25, -0.2) is 4.98 Å². The van der Waals surface area contributed by atoms with Crippen molar-refractivity contribution in [1.29, 1.82) is 0 Å². The van der Waals surface area contributed by atoms with Crippen LogP contribution in [0, 0.1) is 0 Å². The number of thioether (sulfide) groups is 1. The highest BCUT2D eigenvalue weighted by molar-refractivity contribution is 8.02. The molecule has 0 radical (unpaired) electrons. The Hall–Kier alpha value is -2.11. The van der Waals surface area contributed by atoms with Crippen LogP contribution in [-0.4, -0.2) is 23.2 Å². The first-order valence-corrected chi connectivity index (χ1v) is 9.41. The number of amides is 1. The number of benzene rings is 2. The van der Waals surface area contributed by atoms with Crippen LogP contribution in [0.5, 0.6) is 0 Å². The standard InChI is InChI=1S/C19H18N2OS2/c1-14(18(22)21(2)16-11-7-4-8-12-16)24-19-20-17(13-23-19)15-9-5-3-6-10-15/h3-14H,1-2H3/t14-/m1/s1. The van der Waals surface area contributed by atoms with Crippen LogP contribution in [0.25, 0.3) is 11.3 Å². The number of para-hydroxylation sites is 1. The number of hydrogen-bond donors (Lipinski definition) is 0. The number of nitrogens with zero attached hydrogens (tertiary/aromatic N) is 2. The molecule has 0 saturated carbocycles. The van der Waals surface area contributed by atoms with Crippen LogP contribution in [0.3, 0.4) is 0 Å². The summed E-state index contributed by atoms with van der Waals surface area (Å²) in [4.78, 5) is 19.0. The summed E-state index contributed by atoms with van der Waals surface area (Å²) in [6.07, 6.45) is 0. The summed E-state index contributed by atoms with van der Waals surface area (Å²) in [6, 6.07) is 19.8. The lowest BCUT2D eigenvalue weighted by Gasteiger charge is -2.20. The van der Waals surface area contributed by atoms with Crippen LogP contribution in [0.1, 0.15) is 6.92 Å². The number of hydrogen-bond acceptors (Lipinski definition) is 4. The van der Waals surface area contributed by atoms with E-state index in [1.54, 1.807) is 16.2 Å². The molecule has 3 nitrogen and oxygen atoms in total. The van der Waals surface area contributed by atoms with E-state index in [4.69, 9.17) is 0 Å². The third-order valence-electron chi connectivity index (χ3n) is 3.65. The van der Waals surface area contributed by atoms with Crippen LogP contribution in [0.2, 0.25) is 0 Å². The second-order valence-electron chi connectivity index (χ2n) is 5.36. The molecule has 5 heteroatoms. The molecule has 2 aromatic carbocycles. The van der Waals surface area contributed by atoms with Gasteiger partial charge in [-0.2, -0.15) is 0 Å². The molecule has 1 amide bonds. The molecular weight excluding hydrogens is 336 g/mol. The number of carbonyl (C=O) groups excluding carboxylic acids is 1. The van der Waals surface area contributed by atoms with Crippen LogP contribution < -0.4 is 4.90 Å². The van der Waals surface area contributed by atoms with Gasteiger partial charge in [0.2, 0.25) is 5.91 Å². The first kappa shape index (κ1) is 16.7. The van der Waals surface area contributed by atoms with E-state index in [0.717, 1.165) is 21.3 Å². The fourth-order valence-corrected chi connectivity index (χ4v) is 4.37. The van der Waals surface area contributed by atoms with E-state index in [2.05, 4.69) is 4.98 Å². The Bertz CT molecular complexity index is 803. The molecule has 24 heavy (non-hydrogen) atoms. The number of rotatable bonds is 5. The van der Waals surface area contributed by atoms with Gasteiger partial charge in [-0.3, -0.25) is 4.79 Å². The van der Waals surface area contributed by atoms with Crippen LogP contribution in [-0.2, 0) is 4.79 Å². The molecule has 0 aliphatic heterocycles. The van der Waals surface area contributed by atoms with Gasteiger partial charge < -0.3 is 4.90 Å². The van der Waals surface area contributed by atoms with Crippen molar-refractivity contribution in [3.05, 3.63) is 66.0 Å². The summed E-state index contributed by atoms with van der Waals surface area (Å²) in [5, 5.41) is 1.85. The molecular formula is C19H18N2OS2.